The molecule has 1 amide bonds. The zero-order valence-corrected chi connectivity index (χ0v) is 15.9. The first kappa shape index (κ1) is 17.2. The molecular weight excluding hydrogens is 356 g/mol. The van der Waals surface area contributed by atoms with Crippen molar-refractivity contribution in [1.29, 1.82) is 0 Å². The maximum absolute atomic E-state index is 13.1. The smallest absolute Gasteiger partial charge is 0.284 e. The molecule has 1 aromatic heterocycles. The van der Waals surface area contributed by atoms with Gasteiger partial charge in [0.1, 0.15) is 11.5 Å². The lowest BCUT2D eigenvalue weighted by molar-refractivity contribution is -0.113. The molecule has 0 radical (unpaired) electrons. The van der Waals surface area contributed by atoms with Crippen LogP contribution in [0.2, 0.25) is 0 Å². The molecular formula is C21H18N4OS. The topological polar surface area (TPSA) is 48.8 Å². The van der Waals surface area contributed by atoms with Gasteiger partial charge in [-0.15, -0.1) is 11.3 Å². The van der Waals surface area contributed by atoms with Gasteiger partial charge in [0.15, 0.2) is 5.13 Å². The minimum atomic E-state index is -0.166. The zero-order chi connectivity index (χ0) is 18.8. The highest BCUT2D eigenvalue weighted by molar-refractivity contribution is 7.14. The molecule has 1 aliphatic rings. The molecule has 1 aliphatic heterocycles. The van der Waals surface area contributed by atoms with Gasteiger partial charge in [-0.1, -0.05) is 42.5 Å². The second-order valence-electron chi connectivity index (χ2n) is 6.27. The van der Waals surface area contributed by atoms with Crippen LogP contribution in [-0.2, 0) is 4.79 Å². The molecule has 0 bridgehead atoms. The lowest BCUT2D eigenvalue weighted by Gasteiger charge is -2.14. The maximum atomic E-state index is 13.1. The Morgan fingerprint density at radius 1 is 1.04 bits per heavy atom. The second-order valence-corrected chi connectivity index (χ2v) is 7.15. The minimum Gasteiger partial charge on any atom is -0.378 e. The van der Waals surface area contributed by atoms with Gasteiger partial charge in [0.25, 0.3) is 5.91 Å². The number of thiazole rings is 1. The van der Waals surface area contributed by atoms with Gasteiger partial charge in [-0.2, -0.15) is 0 Å². The quantitative estimate of drug-likeness (QED) is 0.648. The van der Waals surface area contributed by atoms with Crippen LogP contribution in [0.1, 0.15) is 11.1 Å². The van der Waals surface area contributed by atoms with E-state index in [9.17, 15) is 4.79 Å². The van der Waals surface area contributed by atoms with Crippen LogP contribution in [0.3, 0.4) is 0 Å². The predicted octanol–water partition coefficient (Wildman–Crippen LogP) is 4.04. The first-order chi connectivity index (χ1) is 13.1. The first-order valence-corrected chi connectivity index (χ1v) is 9.38. The van der Waals surface area contributed by atoms with Gasteiger partial charge in [-0.25, -0.2) is 14.9 Å². The molecule has 4 rings (SSSR count). The number of hydrogen-bond donors (Lipinski definition) is 0. The fourth-order valence-corrected chi connectivity index (χ4v) is 3.47. The predicted molar refractivity (Wildman–Crippen MR) is 111 cm³/mol. The molecule has 0 N–H and O–H groups in total. The number of carbonyl (C=O) groups excluding carboxylic acids is 1. The molecule has 5 nitrogen and oxygen atoms in total. The van der Waals surface area contributed by atoms with Crippen molar-refractivity contribution < 1.29 is 4.79 Å². The molecule has 0 saturated carbocycles. The number of carbonyl (C=O) groups is 1. The van der Waals surface area contributed by atoms with Crippen LogP contribution in [0.5, 0.6) is 0 Å². The summed E-state index contributed by atoms with van der Waals surface area (Å²) in [5, 5.41) is 2.47. The SMILES string of the molecule is CN(C)c1ccc(C=C2N=C(c3ccccc3)N(c3nccs3)C2=O)cc1. The lowest BCUT2D eigenvalue weighted by atomic mass is 10.1. The van der Waals surface area contributed by atoms with E-state index in [-0.39, 0.29) is 5.91 Å². The van der Waals surface area contributed by atoms with Gasteiger partial charge >= 0.3 is 0 Å². The molecule has 134 valence electrons. The van der Waals surface area contributed by atoms with Crippen LogP contribution in [0.15, 0.2) is 76.9 Å². The molecule has 0 aliphatic carbocycles. The number of benzene rings is 2. The summed E-state index contributed by atoms with van der Waals surface area (Å²) in [4.78, 5) is 25.6. The highest BCUT2D eigenvalue weighted by atomic mass is 32.1. The van der Waals surface area contributed by atoms with Gasteiger partial charge in [-0.05, 0) is 23.8 Å². The van der Waals surface area contributed by atoms with Crippen LogP contribution in [0.25, 0.3) is 6.08 Å². The molecule has 0 spiro atoms. The number of rotatable bonds is 4. The van der Waals surface area contributed by atoms with Crippen molar-refractivity contribution in [2.45, 2.75) is 0 Å². The molecule has 0 fully saturated rings. The average Bonchev–Trinajstić information content (AvgIpc) is 3.31. The summed E-state index contributed by atoms with van der Waals surface area (Å²) in [6, 6.07) is 17.7. The van der Waals surface area contributed by atoms with Crippen LogP contribution in [0, 0.1) is 0 Å². The summed E-state index contributed by atoms with van der Waals surface area (Å²) in [6.45, 7) is 0. The van der Waals surface area contributed by atoms with E-state index in [0.717, 1.165) is 16.8 Å². The number of amidine groups is 1. The van der Waals surface area contributed by atoms with Crippen LogP contribution >= 0.6 is 11.3 Å². The number of nitrogens with zero attached hydrogens (tertiary/aromatic N) is 4. The molecule has 0 unspecified atom stereocenters. The van der Waals surface area contributed by atoms with E-state index in [1.807, 2.05) is 85.0 Å². The van der Waals surface area contributed by atoms with Crippen molar-refractivity contribution in [2.24, 2.45) is 4.99 Å². The Labute approximate surface area is 161 Å². The average molecular weight is 374 g/mol. The Hall–Kier alpha value is -3.25. The Kier molecular flexibility index (Phi) is 4.56. The van der Waals surface area contributed by atoms with E-state index >= 15 is 0 Å². The highest BCUT2D eigenvalue weighted by Crippen LogP contribution is 2.29. The van der Waals surface area contributed by atoms with Crippen LogP contribution in [0.4, 0.5) is 10.8 Å². The van der Waals surface area contributed by atoms with Crippen molar-refractivity contribution in [3.63, 3.8) is 0 Å². The number of aliphatic imine (C=N–C) groups is 1. The Morgan fingerprint density at radius 2 is 1.78 bits per heavy atom. The third-order valence-electron chi connectivity index (χ3n) is 4.22. The van der Waals surface area contributed by atoms with E-state index in [1.54, 1.807) is 11.1 Å². The minimum absolute atomic E-state index is 0.166. The number of hydrogen-bond acceptors (Lipinski definition) is 5. The first-order valence-electron chi connectivity index (χ1n) is 8.50. The van der Waals surface area contributed by atoms with Crippen molar-refractivity contribution in [3.05, 3.63) is 83.0 Å². The van der Waals surface area contributed by atoms with Gasteiger partial charge in [-0.3, -0.25) is 4.79 Å². The van der Waals surface area contributed by atoms with Gasteiger partial charge in [0.2, 0.25) is 0 Å². The van der Waals surface area contributed by atoms with E-state index < -0.39 is 0 Å². The van der Waals surface area contributed by atoms with Gasteiger partial charge in [0, 0.05) is 36.9 Å². The fraction of sp³-hybridized carbons (Fsp3) is 0.0952. The number of aromatic nitrogens is 1. The third-order valence-corrected chi connectivity index (χ3v) is 4.97. The summed E-state index contributed by atoms with van der Waals surface area (Å²) in [5.41, 5.74) is 3.32. The molecule has 3 aromatic rings. The van der Waals surface area contributed by atoms with Crippen molar-refractivity contribution in [2.75, 3.05) is 23.9 Å². The summed E-state index contributed by atoms with van der Waals surface area (Å²) < 4.78 is 0. The van der Waals surface area contributed by atoms with E-state index in [2.05, 4.69) is 9.98 Å². The molecule has 27 heavy (non-hydrogen) atoms. The number of amides is 1. The van der Waals surface area contributed by atoms with Crippen molar-refractivity contribution in [3.8, 4) is 0 Å². The standard InChI is InChI=1S/C21H18N4OS/c1-24(2)17-10-8-15(9-11-17)14-18-20(26)25(21-22-12-13-27-21)19(23-18)16-6-4-3-5-7-16/h3-14H,1-2H3. The molecule has 2 aromatic carbocycles. The normalized spacial score (nSPS) is 15.3. The fourth-order valence-electron chi connectivity index (χ4n) is 2.83. The monoisotopic (exact) mass is 374 g/mol. The Bertz CT molecular complexity index is 1010. The maximum Gasteiger partial charge on any atom is 0.284 e. The Morgan fingerprint density at radius 3 is 2.41 bits per heavy atom. The molecule has 6 heteroatoms. The lowest BCUT2D eigenvalue weighted by Crippen LogP contribution is -2.32. The van der Waals surface area contributed by atoms with E-state index in [0.29, 0.717) is 16.7 Å². The summed E-state index contributed by atoms with van der Waals surface area (Å²) >= 11 is 1.42. The third kappa shape index (κ3) is 3.39. The largest absolute Gasteiger partial charge is 0.378 e. The van der Waals surface area contributed by atoms with Crippen LogP contribution < -0.4 is 9.80 Å². The Balaban J connectivity index is 1.75. The summed E-state index contributed by atoms with van der Waals surface area (Å²) in [7, 11) is 3.99. The summed E-state index contributed by atoms with van der Waals surface area (Å²) in [6.07, 6.45) is 3.51. The molecule has 0 saturated heterocycles. The van der Waals surface area contributed by atoms with Gasteiger partial charge < -0.3 is 4.90 Å². The summed E-state index contributed by atoms with van der Waals surface area (Å²) in [5.74, 6) is 0.437. The van der Waals surface area contributed by atoms with Crippen molar-refractivity contribution >= 4 is 40.0 Å². The molecule has 2 heterocycles. The van der Waals surface area contributed by atoms with E-state index in [4.69, 9.17) is 0 Å². The highest BCUT2D eigenvalue weighted by Gasteiger charge is 2.33. The van der Waals surface area contributed by atoms with Gasteiger partial charge in [0.05, 0.1) is 0 Å². The molecule has 0 atom stereocenters. The van der Waals surface area contributed by atoms with E-state index in [1.165, 1.54) is 11.3 Å². The van der Waals surface area contributed by atoms with Crippen molar-refractivity contribution in [1.82, 2.24) is 4.98 Å². The number of anilines is 2. The second kappa shape index (κ2) is 7.17. The zero-order valence-electron chi connectivity index (χ0n) is 15.0. The van der Waals surface area contributed by atoms with Crippen LogP contribution in [-0.4, -0.2) is 30.8 Å².